The first-order valence-electron chi connectivity index (χ1n) is 3.23. The summed E-state index contributed by atoms with van der Waals surface area (Å²) in [6, 6.07) is 0. The first-order chi connectivity index (χ1) is 4.62. The van der Waals surface area contributed by atoms with Gasteiger partial charge in [0.15, 0.2) is 0 Å². The second-order valence-electron chi connectivity index (χ2n) is 2.58. The Labute approximate surface area is 64.2 Å². The van der Waals surface area contributed by atoms with E-state index in [0.717, 1.165) is 12.3 Å². The van der Waals surface area contributed by atoms with Gasteiger partial charge in [-0.1, -0.05) is 0 Å². The van der Waals surface area contributed by atoms with Gasteiger partial charge in [-0.2, -0.15) is 0 Å². The number of rotatable bonds is 2. The molecule has 10 heavy (non-hydrogen) atoms. The second-order valence-corrected chi connectivity index (χ2v) is 4.17. The summed E-state index contributed by atoms with van der Waals surface area (Å²) in [5, 5.41) is 11.6. The van der Waals surface area contributed by atoms with E-state index in [2.05, 4.69) is 5.32 Å². The highest BCUT2D eigenvalue weighted by atomic mass is 32.2. The summed E-state index contributed by atoms with van der Waals surface area (Å²) >= 11 is 1.68. The molecule has 0 aromatic heterocycles. The van der Waals surface area contributed by atoms with Crippen molar-refractivity contribution in [1.82, 2.24) is 5.32 Å². The van der Waals surface area contributed by atoms with E-state index in [4.69, 9.17) is 5.11 Å². The van der Waals surface area contributed by atoms with Crippen LogP contribution in [0.2, 0.25) is 0 Å². The number of carboxylic acid groups (broad SMARTS) is 1. The van der Waals surface area contributed by atoms with E-state index in [9.17, 15) is 4.79 Å². The molecule has 4 heteroatoms. The fourth-order valence-corrected chi connectivity index (χ4v) is 2.13. The van der Waals surface area contributed by atoms with Crippen LogP contribution in [0.3, 0.4) is 0 Å². The minimum absolute atomic E-state index is 0.206. The van der Waals surface area contributed by atoms with E-state index in [1.165, 1.54) is 0 Å². The molecule has 0 aromatic rings. The summed E-state index contributed by atoms with van der Waals surface area (Å²) in [5.41, 5.74) is 0. The fourth-order valence-electron chi connectivity index (χ4n) is 1.04. The van der Waals surface area contributed by atoms with E-state index in [1.54, 1.807) is 11.8 Å². The Morgan fingerprint density at radius 1 is 1.90 bits per heavy atom. The van der Waals surface area contributed by atoms with Crippen molar-refractivity contribution < 1.29 is 9.90 Å². The smallest absolute Gasteiger partial charge is 0.306 e. The molecule has 0 aliphatic carbocycles. The third kappa shape index (κ3) is 1.88. The lowest BCUT2D eigenvalue weighted by atomic mass is 10.2. The summed E-state index contributed by atoms with van der Waals surface area (Å²) < 4.78 is 0. The molecule has 0 bridgehead atoms. The zero-order chi connectivity index (χ0) is 7.61. The van der Waals surface area contributed by atoms with Gasteiger partial charge in [-0.05, 0) is 6.92 Å². The second kappa shape index (κ2) is 2.80. The van der Waals surface area contributed by atoms with Crippen LogP contribution in [0.5, 0.6) is 0 Å². The van der Waals surface area contributed by atoms with Crippen molar-refractivity contribution in [3.05, 3.63) is 0 Å². The van der Waals surface area contributed by atoms with Crippen LogP contribution in [0.1, 0.15) is 13.3 Å². The van der Waals surface area contributed by atoms with Crippen molar-refractivity contribution in [2.75, 3.05) is 12.3 Å². The van der Waals surface area contributed by atoms with Crippen molar-refractivity contribution in [2.24, 2.45) is 0 Å². The summed E-state index contributed by atoms with van der Waals surface area (Å²) in [6.45, 7) is 2.85. The minimum Gasteiger partial charge on any atom is -0.481 e. The molecule has 1 atom stereocenters. The van der Waals surface area contributed by atoms with Crippen molar-refractivity contribution in [1.29, 1.82) is 0 Å². The summed E-state index contributed by atoms with van der Waals surface area (Å²) in [5.74, 6) is 0.286. The predicted octanol–water partition coefficient (Wildman–Crippen LogP) is 0.514. The van der Waals surface area contributed by atoms with Crippen LogP contribution in [0.25, 0.3) is 0 Å². The lowest BCUT2D eigenvalue weighted by molar-refractivity contribution is -0.137. The first kappa shape index (κ1) is 7.88. The molecular weight excluding hydrogens is 150 g/mol. The van der Waals surface area contributed by atoms with Crippen LogP contribution in [0, 0.1) is 0 Å². The number of nitrogens with one attached hydrogen (secondary N) is 1. The van der Waals surface area contributed by atoms with Gasteiger partial charge >= 0.3 is 5.97 Å². The molecule has 1 aliphatic heterocycles. The molecule has 2 N–H and O–H groups in total. The predicted molar refractivity (Wildman–Crippen MR) is 41.1 cm³/mol. The number of carbonyl (C=O) groups is 1. The van der Waals surface area contributed by atoms with E-state index in [0.29, 0.717) is 0 Å². The average Bonchev–Trinajstić information content (AvgIpc) is 2.12. The van der Waals surface area contributed by atoms with Gasteiger partial charge in [0, 0.05) is 12.3 Å². The monoisotopic (exact) mass is 161 g/mol. The van der Waals surface area contributed by atoms with Gasteiger partial charge in [-0.3, -0.25) is 4.79 Å². The SMILES string of the molecule is CC1(CC(=O)O)NCCS1. The van der Waals surface area contributed by atoms with Crippen molar-refractivity contribution in [3.8, 4) is 0 Å². The lowest BCUT2D eigenvalue weighted by Gasteiger charge is -2.19. The first-order valence-corrected chi connectivity index (χ1v) is 4.22. The molecule has 1 aliphatic rings. The minimum atomic E-state index is -0.732. The van der Waals surface area contributed by atoms with Crippen LogP contribution in [-0.2, 0) is 4.79 Å². The quantitative estimate of drug-likeness (QED) is 0.619. The van der Waals surface area contributed by atoms with Gasteiger partial charge in [0.05, 0.1) is 11.3 Å². The highest BCUT2D eigenvalue weighted by Gasteiger charge is 2.30. The van der Waals surface area contributed by atoms with Crippen LogP contribution >= 0.6 is 11.8 Å². The Hall–Kier alpha value is -0.220. The molecular formula is C6H11NO2S. The summed E-state index contributed by atoms with van der Waals surface area (Å²) in [4.78, 5) is 10.1. The Bertz CT molecular complexity index is 143. The van der Waals surface area contributed by atoms with E-state index < -0.39 is 5.97 Å². The standard InChI is InChI=1S/C6H11NO2S/c1-6(4-5(8)9)7-2-3-10-6/h7H,2-4H2,1H3,(H,8,9). The molecule has 0 amide bonds. The third-order valence-electron chi connectivity index (χ3n) is 1.51. The zero-order valence-electron chi connectivity index (χ0n) is 5.89. The Balaban J connectivity index is 2.43. The van der Waals surface area contributed by atoms with Crippen LogP contribution < -0.4 is 5.32 Å². The number of thioether (sulfide) groups is 1. The number of hydrogen-bond donors (Lipinski definition) is 2. The third-order valence-corrected chi connectivity index (χ3v) is 2.84. The van der Waals surface area contributed by atoms with Crippen molar-refractivity contribution in [3.63, 3.8) is 0 Å². The summed E-state index contributed by atoms with van der Waals surface area (Å²) in [7, 11) is 0. The highest BCUT2D eigenvalue weighted by Crippen LogP contribution is 2.29. The van der Waals surface area contributed by atoms with E-state index in [1.807, 2.05) is 6.92 Å². The Morgan fingerprint density at radius 2 is 2.60 bits per heavy atom. The van der Waals surface area contributed by atoms with E-state index in [-0.39, 0.29) is 11.3 Å². The summed E-state index contributed by atoms with van der Waals surface area (Å²) in [6.07, 6.45) is 0.206. The normalized spacial score (nSPS) is 32.5. The Morgan fingerprint density at radius 3 is 3.00 bits per heavy atom. The fraction of sp³-hybridized carbons (Fsp3) is 0.833. The molecule has 1 saturated heterocycles. The maximum Gasteiger partial charge on any atom is 0.306 e. The maximum absolute atomic E-state index is 10.3. The van der Waals surface area contributed by atoms with Crippen LogP contribution in [0.15, 0.2) is 0 Å². The molecule has 1 fully saturated rings. The van der Waals surface area contributed by atoms with Crippen molar-refractivity contribution in [2.45, 2.75) is 18.2 Å². The van der Waals surface area contributed by atoms with Gasteiger partial charge in [-0.15, -0.1) is 11.8 Å². The van der Waals surface area contributed by atoms with Crippen LogP contribution in [-0.4, -0.2) is 28.2 Å². The van der Waals surface area contributed by atoms with Gasteiger partial charge < -0.3 is 10.4 Å². The van der Waals surface area contributed by atoms with Crippen LogP contribution in [0.4, 0.5) is 0 Å². The van der Waals surface area contributed by atoms with Gasteiger partial charge in [0.1, 0.15) is 0 Å². The largest absolute Gasteiger partial charge is 0.481 e. The molecule has 1 heterocycles. The molecule has 0 radical (unpaired) electrons. The number of carboxylic acids is 1. The maximum atomic E-state index is 10.3. The lowest BCUT2D eigenvalue weighted by Crippen LogP contribution is -2.35. The average molecular weight is 161 g/mol. The molecule has 1 unspecified atom stereocenters. The molecule has 3 nitrogen and oxygen atoms in total. The zero-order valence-corrected chi connectivity index (χ0v) is 6.70. The number of aliphatic carboxylic acids is 1. The topological polar surface area (TPSA) is 49.3 Å². The van der Waals surface area contributed by atoms with Gasteiger partial charge in [0.2, 0.25) is 0 Å². The van der Waals surface area contributed by atoms with E-state index >= 15 is 0 Å². The Kier molecular flexibility index (Phi) is 2.21. The van der Waals surface area contributed by atoms with Crippen molar-refractivity contribution >= 4 is 17.7 Å². The highest BCUT2D eigenvalue weighted by molar-refractivity contribution is 8.00. The molecule has 1 rings (SSSR count). The molecule has 0 saturated carbocycles. The molecule has 58 valence electrons. The van der Waals surface area contributed by atoms with Gasteiger partial charge in [0.25, 0.3) is 0 Å². The molecule has 0 spiro atoms. The number of hydrogen-bond acceptors (Lipinski definition) is 3. The van der Waals surface area contributed by atoms with Gasteiger partial charge in [-0.25, -0.2) is 0 Å². The molecule has 0 aromatic carbocycles.